The first-order chi connectivity index (χ1) is 15.7. The van der Waals surface area contributed by atoms with E-state index in [0.717, 1.165) is 33.8 Å². The monoisotopic (exact) mass is 521 g/mol. The van der Waals surface area contributed by atoms with Gasteiger partial charge in [-0.05, 0) is 40.2 Å². The minimum Gasteiger partial charge on any atom is -0.435 e. The van der Waals surface area contributed by atoms with Crippen molar-refractivity contribution in [3.63, 3.8) is 0 Å². The molecule has 0 atom stereocenters. The first-order valence-electron chi connectivity index (χ1n) is 9.45. The maximum atomic E-state index is 14.8. The molecule has 2 heterocycles. The molecule has 0 unspecified atom stereocenters. The van der Waals surface area contributed by atoms with Gasteiger partial charge >= 0.3 is 5.69 Å². The van der Waals surface area contributed by atoms with Crippen LogP contribution in [0.25, 0.3) is 5.69 Å². The molecule has 2 aromatic heterocycles. The summed E-state index contributed by atoms with van der Waals surface area (Å²) in [6.45, 7) is 0.958. The molecule has 2 aromatic carbocycles. The van der Waals surface area contributed by atoms with E-state index in [0.29, 0.717) is 0 Å². The van der Waals surface area contributed by atoms with Crippen LogP contribution < -0.4 is 10.4 Å². The first kappa shape index (κ1) is 22.5. The van der Waals surface area contributed by atoms with Crippen LogP contribution in [0.4, 0.5) is 13.2 Å². The second-order valence-corrected chi connectivity index (χ2v) is 7.77. The van der Waals surface area contributed by atoms with Crippen molar-refractivity contribution >= 4 is 21.7 Å². The number of ketones is 1. The molecule has 0 bridgehead atoms. The summed E-state index contributed by atoms with van der Waals surface area (Å²) in [7, 11) is 1.54. The number of rotatable bonds is 6. The molecule has 0 spiro atoms. The summed E-state index contributed by atoms with van der Waals surface area (Å²) in [4.78, 5) is 28.3. The molecule has 0 N–H and O–H groups in total. The van der Waals surface area contributed by atoms with Crippen molar-refractivity contribution in [3.05, 3.63) is 86.7 Å². The van der Waals surface area contributed by atoms with Crippen LogP contribution >= 0.6 is 15.9 Å². The van der Waals surface area contributed by atoms with E-state index in [4.69, 9.17) is 4.74 Å². The topological polar surface area (TPSA) is 83.9 Å². The lowest BCUT2D eigenvalue weighted by atomic mass is 10.2. The minimum atomic E-state index is -0.813. The Bertz CT molecular complexity index is 1420. The van der Waals surface area contributed by atoms with Crippen molar-refractivity contribution in [1.82, 2.24) is 23.9 Å². The Morgan fingerprint density at radius 2 is 1.82 bits per heavy atom. The van der Waals surface area contributed by atoms with Gasteiger partial charge < -0.3 is 4.74 Å². The van der Waals surface area contributed by atoms with E-state index in [9.17, 15) is 22.8 Å². The second-order valence-electron chi connectivity index (χ2n) is 7.02. The molecule has 8 nitrogen and oxygen atoms in total. The molecule has 4 rings (SSSR count). The molecule has 0 aliphatic rings. The van der Waals surface area contributed by atoms with Gasteiger partial charge in [0.25, 0.3) is 0 Å². The van der Waals surface area contributed by atoms with Crippen LogP contribution in [0.15, 0.2) is 52.1 Å². The molecule has 0 radical (unpaired) electrons. The number of hydrogen-bond donors (Lipinski definition) is 0. The summed E-state index contributed by atoms with van der Waals surface area (Å²) in [5.41, 5.74) is -0.932. The Hall–Kier alpha value is -3.67. The van der Waals surface area contributed by atoms with Crippen LogP contribution in [0.5, 0.6) is 11.6 Å². The Balaban J connectivity index is 1.62. The molecular weight excluding hydrogens is 507 g/mol. The fraction of sp³-hybridized carbons (Fsp3) is 0.143. The Kier molecular flexibility index (Phi) is 5.93. The lowest BCUT2D eigenvalue weighted by Crippen LogP contribution is -2.24. The van der Waals surface area contributed by atoms with E-state index in [1.165, 1.54) is 29.7 Å². The number of carbonyl (C=O) groups is 1. The van der Waals surface area contributed by atoms with Gasteiger partial charge in [0.1, 0.15) is 18.0 Å². The van der Waals surface area contributed by atoms with Crippen LogP contribution in [0.1, 0.15) is 23.1 Å². The highest BCUT2D eigenvalue weighted by Crippen LogP contribution is 2.32. The van der Waals surface area contributed by atoms with E-state index in [2.05, 4.69) is 26.0 Å². The number of imidazole rings is 1. The van der Waals surface area contributed by atoms with E-state index in [1.54, 1.807) is 7.05 Å². The number of carbonyl (C=O) groups excluding carboxylic acids is 1. The van der Waals surface area contributed by atoms with Gasteiger partial charge in [-0.1, -0.05) is 6.07 Å². The zero-order valence-electron chi connectivity index (χ0n) is 17.2. The Labute approximate surface area is 193 Å². The zero-order valence-corrected chi connectivity index (χ0v) is 18.8. The summed E-state index contributed by atoms with van der Waals surface area (Å²) in [5, 5.41) is 3.90. The van der Waals surface area contributed by atoms with Crippen LogP contribution in [-0.4, -0.2) is 29.7 Å². The van der Waals surface area contributed by atoms with Crippen molar-refractivity contribution in [2.24, 2.45) is 7.05 Å². The van der Waals surface area contributed by atoms with Crippen molar-refractivity contribution in [1.29, 1.82) is 0 Å². The van der Waals surface area contributed by atoms with Gasteiger partial charge in [-0.2, -0.15) is 9.78 Å². The molecule has 0 aliphatic carbocycles. The molecule has 170 valence electrons. The van der Waals surface area contributed by atoms with E-state index in [-0.39, 0.29) is 45.6 Å². The standard InChI is InChI=1S/C21H15BrF3N5O3/c1-11(31)19-27-18(22)20(28(19)2)33-17-7-6-12(8-16(17)25)30-21(32)29(10-26-30)9-13-14(23)4-3-5-15(13)24/h3-8,10H,9H2,1-2H3. The molecule has 0 saturated carbocycles. The van der Waals surface area contributed by atoms with Gasteiger partial charge in [-0.25, -0.2) is 22.9 Å². The minimum absolute atomic E-state index is 0.0751. The number of nitrogens with zero attached hydrogens (tertiary/aromatic N) is 5. The van der Waals surface area contributed by atoms with Crippen molar-refractivity contribution in [2.75, 3.05) is 0 Å². The third kappa shape index (κ3) is 4.21. The van der Waals surface area contributed by atoms with Crippen LogP contribution in [0.2, 0.25) is 0 Å². The molecule has 0 saturated heterocycles. The van der Waals surface area contributed by atoms with Gasteiger partial charge in [0, 0.05) is 25.6 Å². The quantitative estimate of drug-likeness (QED) is 0.358. The number of halogens is 4. The predicted octanol–water partition coefficient (Wildman–Crippen LogP) is 3.99. The summed E-state index contributed by atoms with van der Waals surface area (Å²) in [6, 6.07) is 7.08. The zero-order chi connectivity index (χ0) is 23.9. The average molecular weight is 522 g/mol. The summed E-state index contributed by atoms with van der Waals surface area (Å²) < 4.78 is 51.6. The number of ether oxygens (including phenoxy) is 1. The second kappa shape index (κ2) is 8.70. The third-order valence-electron chi connectivity index (χ3n) is 4.81. The van der Waals surface area contributed by atoms with Crippen LogP contribution in [0, 0.1) is 17.5 Å². The van der Waals surface area contributed by atoms with Crippen molar-refractivity contribution in [2.45, 2.75) is 13.5 Å². The number of benzene rings is 2. The van der Waals surface area contributed by atoms with Gasteiger partial charge in [-0.3, -0.25) is 13.9 Å². The van der Waals surface area contributed by atoms with Gasteiger partial charge in [0.2, 0.25) is 5.88 Å². The molecule has 33 heavy (non-hydrogen) atoms. The molecule has 0 amide bonds. The van der Waals surface area contributed by atoms with Gasteiger partial charge in [0.05, 0.1) is 12.2 Å². The maximum Gasteiger partial charge on any atom is 0.350 e. The highest BCUT2D eigenvalue weighted by Gasteiger charge is 2.20. The smallest absolute Gasteiger partial charge is 0.350 e. The fourth-order valence-electron chi connectivity index (χ4n) is 3.16. The number of hydrogen-bond acceptors (Lipinski definition) is 5. The first-order valence-corrected chi connectivity index (χ1v) is 10.2. The summed E-state index contributed by atoms with van der Waals surface area (Å²) in [6.07, 6.45) is 1.10. The predicted molar refractivity (Wildman–Crippen MR) is 114 cm³/mol. The molecular formula is C21H15BrF3N5O3. The molecule has 0 fully saturated rings. The number of aromatic nitrogens is 5. The highest BCUT2D eigenvalue weighted by atomic mass is 79.9. The highest BCUT2D eigenvalue weighted by molar-refractivity contribution is 9.10. The lowest BCUT2D eigenvalue weighted by Gasteiger charge is -2.09. The third-order valence-corrected chi connectivity index (χ3v) is 5.32. The van der Waals surface area contributed by atoms with E-state index in [1.807, 2.05) is 0 Å². The molecule has 4 aromatic rings. The molecule has 0 aliphatic heterocycles. The number of Topliss-reactive ketones (excluding diaryl/α,β-unsaturated/α-hetero) is 1. The Morgan fingerprint density at radius 3 is 2.42 bits per heavy atom. The average Bonchev–Trinajstić information content (AvgIpc) is 3.26. The van der Waals surface area contributed by atoms with E-state index >= 15 is 0 Å². The van der Waals surface area contributed by atoms with Crippen molar-refractivity contribution < 1.29 is 22.7 Å². The van der Waals surface area contributed by atoms with E-state index < -0.39 is 23.1 Å². The Morgan fingerprint density at radius 1 is 1.12 bits per heavy atom. The van der Waals surface area contributed by atoms with Crippen LogP contribution in [0.3, 0.4) is 0 Å². The lowest BCUT2D eigenvalue weighted by molar-refractivity contribution is 0.1000. The van der Waals surface area contributed by atoms with Crippen LogP contribution in [-0.2, 0) is 13.6 Å². The molecule has 12 heteroatoms. The van der Waals surface area contributed by atoms with Crippen molar-refractivity contribution in [3.8, 4) is 17.3 Å². The normalized spacial score (nSPS) is 11.1. The largest absolute Gasteiger partial charge is 0.435 e. The summed E-state index contributed by atoms with van der Waals surface area (Å²) >= 11 is 3.18. The van der Waals surface area contributed by atoms with Gasteiger partial charge in [-0.15, -0.1) is 0 Å². The fourth-order valence-corrected chi connectivity index (χ4v) is 3.67. The SMILES string of the molecule is CC(=O)c1nc(Br)c(Oc2ccc(-n3ncn(Cc4c(F)cccc4F)c3=O)cc2F)n1C. The van der Waals surface area contributed by atoms with Gasteiger partial charge in [0.15, 0.2) is 27.8 Å². The summed E-state index contributed by atoms with van der Waals surface area (Å²) in [5.74, 6) is -2.65. The maximum absolute atomic E-state index is 14.8.